The Hall–Kier alpha value is -1.48. The molecule has 1 aromatic rings. The summed E-state index contributed by atoms with van der Waals surface area (Å²) in [6.07, 6.45) is 9.47. The number of benzene rings is 1. The molecule has 0 heterocycles. The van der Waals surface area contributed by atoms with Gasteiger partial charge in [-0.2, -0.15) is 9.59 Å². The molecule has 0 bridgehead atoms. The molecule has 0 saturated carbocycles. The van der Waals surface area contributed by atoms with Crippen molar-refractivity contribution in [2.24, 2.45) is 0 Å². The summed E-state index contributed by atoms with van der Waals surface area (Å²) < 4.78 is 6.66. The largest absolute Gasteiger partial charge is 0.414 e. The Bertz CT molecular complexity index is 524. The predicted octanol–water partition coefficient (Wildman–Crippen LogP) is 5.78. The number of aryl methyl sites for hydroxylation is 1. The van der Waals surface area contributed by atoms with E-state index in [0.717, 1.165) is 25.7 Å². The van der Waals surface area contributed by atoms with Gasteiger partial charge in [0.2, 0.25) is 0 Å². The van der Waals surface area contributed by atoms with Crippen molar-refractivity contribution in [1.29, 1.82) is 0 Å². The highest BCUT2D eigenvalue weighted by atomic mass is 28.4. The van der Waals surface area contributed by atoms with Gasteiger partial charge < -0.3 is 4.43 Å². The maximum Gasteiger partial charge on any atom is 0.373 e. The van der Waals surface area contributed by atoms with E-state index in [1.807, 2.05) is 0 Å². The number of hydrogen-bond donors (Lipinski definition) is 0. The van der Waals surface area contributed by atoms with Gasteiger partial charge in [0.25, 0.3) is 0 Å². The normalized spacial score (nSPS) is 13.0. The maximum atomic E-state index is 8.12. The lowest BCUT2D eigenvalue weighted by Crippen LogP contribution is -2.44. The summed E-state index contributed by atoms with van der Waals surface area (Å²) in [5.41, 5.74) is 1.41. The maximum absolute atomic E-state index is 8.12. The predicted molar refractivity (Wildman–Crippen MR) is 106 cm³/mol. The van der Waals surface area contributed by atoms with Crippen molar-refractivity contribution in [3.8, 4) is 0 Å². The van der Waals surface area contributed by atoms with Crippen LogP contribution in [-0.2, 0) is 20.4 Å². The molecule has 0 spiro atoms. The van der Waals surface area contributed by atoms with Crippen molar-refractivity contribution in [2.45, 2.75) is 77.6 Å². The zero-order chi connectivity index (χ0) is 19.3. The molecule has 1 aromatic carbocycles. The molecule has 0 amide bonds. The smallest absolute Gasteiger partial charge is 0.373 e. The van der Waals surface area contributed by atoms with Crippen LogP contribution in [0.1, 0.15) is 52.5 Å². The Balaban J connectivity index is 0.00000178. The van der Waals surface area contributed by atoms with Crippen molar-refractivity contribution in [2.75, 3.05) is 0 Å². The molecule has 0 saturated heterocycles. The van der Waals surface area contributed by atoms with E-state index in [4.69, 9.17) is 14.0 Å². The third-order valence-corrected chi connectivity index (χ3v) is 9.20. The molecule has 4 heteroatoms. The average molecular weight is 363 g/mol. The summed E-state index contributed by atoms with van der Waals surface area (Å²) in [7, 11) is -1.70. The van der Waals surface area contributed by atoms with Crippen molar-refractivity contribution in [1.82, 2.24) is 0 Å². The average Bonchev–Trinajstić information content (AvgIpc) is 2.53. The van der Waals surface area contributed by atoms with Gasteiger partial charge >= 0.3 is 6.15 Å². The monoisotopic (exact) mass is 362 g/mol. The molecule has 0 aromatic heterocycles. The van der Waals surface area contributed by atoms with Crippen LogP contribution in [0, 0.1) is 0 Å². The van der Waals surface area contributed by atoms with Gasteiger partial charge in [-0.1, -0.05) is 70.2 Å². The fraction of sp³-hybridized carbons (Fsp3) is 0.571. The minimum absolute atomic E-state index is 0.250. The molecule has 25 heavy (non-hydrogen) atoms. The minimum Gasteiger partial charge on any atom is -0.414 e. The summed E-state index contributed by atoms with van der Waals surface area (Å²) in [6.45, 7) is 13.8. The van der Waals surface area contributed by atoms with Gasteiger partial charge in [0.15, 0.2) is 8.32 Å². The van der Waals surface area contributed by atoms with E-state index in [2.05, 4.69) is 83.3 Å². The first-order chi connectivity index (χ1) is 11.7. The molecule has 0 fully saturated rings. The van der Waals surface area contributed by atoms with Crippen LogP contribution in [0.15, 0.2) is 42.5 Å². The molecule has 140 valence electrons. The topological polar surface area (TPSA) is 43.4 Å². The van der Waals surface area contributed by atoms with Crippen LogP contribution in [-0.4, -0.2) is 20.6 Å². The Kier molecular flexibility index (Phi) is 11.3. The molecule has 1 rings (SSSR count). The van der Waals surface area contributed by atoms with Gasteiger partial charge in [-0.05, 0) is 49.4 Å². The molecule has 0 radical (unpaired) electrons. The summed E-state index contributed by atoms with van der Waals surface area (Å²) in [5.74, 6) is 0. The molecular weight excluding hydrogens is 328 g/mol. The number of carbonyl (C=O) groups excluding carboxylic acids is 2. The van der Waals surface area contributed by atoms with Gasteiger partial charge in [-0.15, -0.1) is 0 Å². The molecule has 0 N–H and O–H groups in total. The highest BCUT2D eigenvalue weighted by Crippen LogP contribution is 2.38. The summed E-state index contributed by atoms with van der Waals surface area (Å²) in [4.78, 5) is 16.2. The van der Waals surface area contributed by atoms with Gasteiger partial charge in [0.05, 0.1) is 0 Å². The first kappa shape index (κ1) is 23.5. The van der Waals surface area contributed by atoms with Crippen LogP contribution in [0.25, 0.3) is 0 Å². The Morgan fingerprint density at radius 1 is 1.12 bits per heavy atom. The van der Waals surface area contributed by atoms with Gasteiger partial charge in [0.1, 0.15) is 0 Å². The van der Waals surface area contributed by atoms with E-state index in [9.17, 15) is 0 Å². The number of hydrogen-bond acceptors (Lipinski definition) is 3. The highest BCUT2D eigenvalue weighted by Gasteiger charge is 2.38. The fourth-order valence-corrected chi connectivity index (χ4v) is 3.61. The van der Waals surface area contributed by atoms with Crippen LogP contribution < -0.4 is 0 Å². The standard InChI is InChI=1S/C20H34OSi.CO2/c1-7-8-10-15-19(21-22(5,6)20(2,3)4)17-16-18-13-11-9-12-14-18;2-1-3/h8-14,19H,7,15-17H2,1-6H3;/b10-8-;. The van der Waals surface area contributed by atoms with E-state index < -0.39 is 8.32 Å². The molecule has 1 atom stereocenters. The molecular formula is C21H34O3Si. The van der Waals surface area contributed by atoms with Gasteiger partial charge in [0, 0.05) is 6.10 Å². The zero-order valence-electron chi connectivity index (χ0n) is 16.7. The lowest BCUT2D eigenvalue weighted by molar-refractivity contribution is -0.191. The molecule has 0 aliphatic rings. The third kappa shape index (κ3) is 10.2. The fourth-order valence-electron chi connectivity index (χ4n) is 2.21. The summed E-state index contributed by atoms with van der Waals surface area (Å²) >= 11 is 0. The Labute approximate surface area is 154 Å². The zero-order valence-corrected chi connectivity index (χ0v) is 17.7. The molecule has 3 nitrogen and oxygen atoms in total. The van der Waals surface area contributed by atoms with Crippen LogP contribution >= 0.6 is 0 Å². The van der Waals surface area contributed by atoms with E-state index in [1.54, 1.807) is 0 Å². The first-order valence-electron chi connectivity index (χ1n) is 9.04. The number of allylic oxidation sites excluding steroid dienone is 1. The van der Waals surface area contributed by atoms with Crippen LogP contribution in [0.4, 0.5) is 0 Å². The Morgan fingerprint density at radius 3 is 2.16 bits per heavy atom. The van der Waals surface area contributed by atoms with E-state index in [-0.39, 0.29) is 11.2 Å². The lowest BCUT2D eigenvalue weighted by atomic mass is 10.0. The van der Waals surface area contributed by atoms with Gasteiger partial charge in [-0.3, -0.25) is 0 Å². The van der Waals surface area contributed by atoms with Crippen LogP contribution in [0.2, 0.25) is 18.1 Å². The molecule has 1 unspecified atom stereocenters. The van der Waals surface area contributed by atoms with E-state index >= 15 is 0 Å². The molecule has 0 aliphatic heterocycles. The second-order valence-electron chi connectivity index (χ2n) is 7.72. The highest BCUT2D eigenvalue weighted by molar-refractivity contribution is 6.74. The van der Waals surface area contributed by atoms with Crippen molar-refractivity contribution in [3.05, 3.63) is 48.0 Å². The first-order valence-corrected chi connectivity index (χ1v) is 11.9. The second kappa shape index (κ2) is 12.0. The third-order valence-electron chi connectivity index (χ3n) is 4.67. The van der Waals surface area contributed by atoms with Crippen LogP contribution in [0.3, 0.4) is 0 Å². The Morgan fingerprint density at radius 2 is 1.68 bits per heavy atom. The van der Waals surface area contributed by atoms with E-state index in [1.165, 1.54) is 5.56 Å². The second-order valence-corrected chi connectivity index (χ2v) is 12.5. The summed E-state index contributed by atoms with van der Waals surface area (Å²) in [5, 5.41) is 0.270. The summed E-state index contributed by atoms with van der Waals surface area (Å²) in [6, 6.07) is 10.7. The van der Waals surface area contributed by atoms with Crippen molar-refractivity contribution < 1.29 is 14.0 Å². The minimum atomic E-state index is -1.70. The van der Waals surface area contributed by atoms with E-state index in [0.29, 0.717) is 6.10 Å². The van der Waals surface area contributed by atoms with Gasteiger partial charge in [-0.25, -0.2) is 0 Å². The SMILES string of the molecule is CC/C=C\CC(CCc1ccccc1)O[Si](C)(C)C(C)(C)C.O=C=O. The van der Waals surface area contributed by atoms with Crippen LogP contribution in [0.5, 0.6) is 0 Å². The number of rotatable bonds is 8. The van der Waals surface area contributed by atoms with Crippen molar-refractivity contribution in [3.63, 3.8) is 0 Å². The molecule has 0 aliphatic carbocycles. The quantitative estimate of drug-likeness (QED) is 0.435. The van der Waals surface area contributed by atoms with Crippen molar-refractivity contribution >= 4 is 14.5 Å². The lowest BCUT2D eigenvalue weighted by Gasteiger charge is -2.39.